The number of halogens is 6. The Kier molecular flexibility index (Phi) is 7.03. The largest absolute Gasteiger partial charge is 0.431 e. The number of nitrogens with one attached hydrogen (secondary N) is 1. The molecule has 0 saturated heterocycles. The summed E-state index contributed by atoms with van der Waals surface area (Å²) in [5.74, 6) is -4.44. The van der Waals surface area contributed by atoms with Crippen LogP contribution in [0.4, 0.5) is 26.3 Å². The Morgan fingerprint density at radius 3 is 2.40 bits per heavy atom. The van der Waals surface area contributed by atoms with Crippen molar-refractivity contribution in [2.24, 2.45) is 27.3 Å². The molecule has 0 spiro atoms. The summed E-state index contributed by atoms with van der Waals surface area (Å²) in [5, 5.41) is 13.4. The molecule has 3 saturated carbocycles. The molecule has 234 valence electrons. The number of aromatic nitrogens is 1. The molecule has 45 heavy (non-hydrogen) atoms. The van der Waals surface area contributed by atoms with E-state index in [4.69, 9.17) is 11.5 Å². The first-order chi connectivity index (χ1) is 21.2. The van der Waals surface area contributed by atoms with Crippen LogP contribution in [0.5, 0.6) is 0 Å². The lowest BCUT2D eigenvalue weighted by molar-refractivity contribution is -0.120. The first kappa shape index (κ1) is 30.3. The van der Waals surface area contributed by atoms with E-state index in [1.54, 1.807) is 6.07 Å². The second kappa shape index (κ2) is 10.4. The quantitative estimate of drug-likeness (QED) is 0.278. The fourth-order valence-electron chi connectivity index (χ4n) is 6.56. The van der Waals surface area contributed by atoms with Gasteiger partial charge in [0.25, 0.3) is 5.91 Å². The highest BCUT2D eigenvalue weighted by Crippen LogP contribution is 2.94. The summed E-state index contributed by atoms with van der Waals surface area (Å²) >= 11 is 0. The third-order valence-electron chi connectivity index (χ3n) is 8.83. The van der Waals surface area contributed by atoms with Crippen molar-refractivity contribution in [1.29, 1.82) is 0 Å². The summed E-state index contributed by atoms with van der Waals surface area (Å²) in [6.45, 7) is -0.703. The minimum atomic E-state index is -4.86. The number of pyridine rings is 1. The van der Waals surface area contributed by atoms with Gasteiger partial charge >= 0.3 is 6.18 Å². The maximum absolute atomic E-state index is 14.2. The molecule has 14 heteroatoms. The minimum absolute atomic E-state index is 0.130. The summed E-state index contributed by atoms with van der Waals surface area (Å²) in [7, 11) is 0. The average Bonchev–Trinajstić information content (AvgIpc) is 3.78. The number of alkyl halides is 3. The molecule has 2 aromatic carbocycles. The van der Waals surface area contributed by atoms with E-state index in [0.29, 0.717) is 30.0 Å². The van der Waals surface area contributed by atoms with Gasteiger partial charge in [-0.3, -0.25) is 19.6 Å². The second-order valence-corrected chi connectivity index (χ2v) is 11.6. The van der Waals surface area contributed by atoms with Gasteiger partial charge in [-0.05, 0) is 60.7 Å². The number of aliphatic hydroxyl groups is 1. The van der Waals surface area contributed by atoms with Gasteiger partial charge in [-0.1, -0.05) is 12.1 Å². The predicted octanol–water partition coefficient (Wildman–Crippen LogP) is 4.04. The molecule has 3 fully saturated rings. The SMILES string of the molecule is NC(=O)c1cc(-c2cccnc2C(Cc2cc(F)cc(F)c2)NC(=O)CN=C2C(=C(N)C(F)(F)F)C34CC3(C4)C2O)ccc1F. The lowest BCUT2D eigenvalue weighted by atomic mass is 9.90. The third-order valence-corrected chi connectivity index (χ3v) is 8.83. The number of hydrogen-bond acceptors (Lipinski definition) is 6. The third kappa shape index (κ3) is 5.12. The van der Waals surface area contributed by atoms with E-state index in [-0.39, 0.29) is 29.0 Å². The Hall–Kier alpha value is -4.72. The number of aliphatic imine (C=N–C) groups is 1. The van der Waals surface area contributed by atoms with Crippen LogP contribution in [0, 0.1) is 28.3 Å². The van der Waals surface area contributed by atoms with Crippen molar-refractivity contribution in [3.05, 3.63) is 100 Å². The van der Waals surface area contributed by atoms with Crippen LogP contribution in [0.2, 0.25) is 0 Å². The van der Waals surface area contributed by atoms with Crippen LogP contribution >= 0.6 is 0 Å². The fourth-order valence-corrected chi connectivity index (χ4v) is 6.56. The van der Waals surface area contributed by atoms with Crippen LogP contribution < -0.4 is 16.8 Å². The Bertz CT molecular complexity index is 1800. The Labute approximate surface area is 251 Å². The molecule has 1 aromatic heterocycles. The highest BCUT2D eigenvalue weighted by Gasteiger charge is 2.92. The van der Waals surface area contributed by atoms with Gasteiger partial charge in [-0.2, -0.15) is 13.2 Å². The van der Waals surface area contributed by atoms with Crippen LogP contribution in [0.25, 0.3) is 11.1 Å². The zero-order valence-electron chi connectivity index (χ0n) is 23.3. The zero-order valence-corrected chi connectivity index (χ0v) is 23.3. The van der Waals surface area contributed by atoms with Gasteiger partial charge in [0, 0.05) is 34.2 Å². The monoisotopic (exact) mass is 629 g/mol. The molecular formula is C31H25F6N5O3. The number of amides is 2. The summed E-state index contributed by atoms with van der Waals surface area (Å²) in [4.78, 5) is 33.4. The second-order valence-electron chi connectivity index (χ2n) is 11.6. The Morgan fingerprint density at radius 2 is 1.76 bits per heavy atom. The molecule has 2 atom stereocenters. The number of allylic oxidation sites excluding steroid dienone is 1. The molecule has 1 heterocycles. The molecule has 3 aliphatic rings. The number of nitrogens with two attached hydrogens (primary N) is 2. The molecule has 6 N–H and O–H groups in total. The van der Waals surface area contributed by atoms with Crippen LogP contribution in [-0.2, 0) is 11.2 Å². The van der Waals surface area contributed by atoms with Gasteiger partial charge in [-0.25, -0.2) is 13.2 Å². The Balaban J connectivity index is 1.34. The summed E-state index contributed by atoms with van der Waals surface area (Å²) < 4.78 is 83.1. The molecule has 0 bridgehead atoms. The number of benzene rings is 2. The first-order valence-electron chi connectivity index (χ1n) is 13.8. The fraction of sp³-hybridized carbons (Fsp3) is 0.290. The van der Waals surface area contributed by atoms with Crippen LogP contribution in [0.3, 0.4) is 0 Å². The smallest absolute Gasteiger partial charge is 0.394 e. The van der Waals surface area contributed by atoms with E-state index in [1.165, 1.54) is 24.4 Å². The highest BCUT2D eigenvalue weighted by atomic mass is 19.4. The molecule has 2 unspecified atom stereocenters. The number of rotatable bonds is 8. The van der Waals surface area contributed by atoms with Crippen molar-refractivity contribution in [3.63, 3.8) is 0 Å². The van der Waals surface area contributed by atoms with Crippen molar-refractivity contribution < 1.29 is 41.0 Å². The number of carbonyl (C=O) groups excluding carboxylic acids is 2. The number of carbonyl (C=O) groups is 2. The maximum Gasteiger partial charge on any atom is 0.431 e. The van der Waals surface area contributed by atoms with Crippen molar-refractivity contribution in [2.45, 2.75) is 37.6 Å². The van der Waals surface area contributed by atoms with Gasteiger partial charge in [0.2, 0.25) is 5.91 Å². The van der Waals surface area contributed by atoms with Crippen LogP contribution in [0.15, 0.2) is 71.0 Å². The summed E-state index contributed by atoms with van der Waals surface area (Å²) in [6, 6.07) is 8.35. The maximum atomic E-state index is 14.2. The standard InChI is InChI=1S/C31H25F6N5O3/c32-16-6-14(7-17(33)10-16)8-21(24-18(2-1-5-40-24)15-3-4-20(34)19(9-15)28(39)45)42-22(43)11-41-25-23(26(38)31(35,36)37)29-12-30(29,13-29)27(25)44/h1-7,9-10,21,27,44H,8,11-13,38H2,(H2,39,45)(H,42,43). The van der Waals surface area contributed by atoms with E-state index in [1.807, 2.05) is 0 Å². The van der Waals surface area contributed by atoms with E-state index in [9.17, 15) is 41.0 Å². The Morgan fingerprint density at radius 1 is 1.07 bits per heavy atom. The van der Waals surface area contributed by atoms with Crippen LogP contribution in [0.1, 0.15) is 40.5 Å². The lowest BCUT2D eigenvalue weighted by Crippen LogP contribution is -2.35. The van der Waals surface area contributed by atoms with Gasteiger partial charge < -0.3 is 21.9 Å². The van der Waals surface area contributed by atoms with E-state index < -0.39 is 76.2 Å². The number of nitrogens with zero attached hydrogens (tertiary/aromatic N) is 2. The average molecular weight is 630 g/mol. The molecule has 2 amide bonds. The highest BCUT2D eigenvalue weighted by molar-refractivity contribution is 6.13. The normalized spacial score (nSPS) is 25.8. The molecular weight excluding hydrogens is 604 g/mol. The summed E-state index contributed by atoms with van der Waals surface area (Å²) in [6.07, 6.45) is -4.28. The lowest BCUT2D eigenvalue weighted by Gasteiger charge is -2.23. The molecule has 8 nitrogen and oxygen atoms in total. The van der Waals surface area contributed by atoms with Crippen molar-refractivity contribution in [2.75, 3.05) is 6.54 Å². The number of hydrogen-bond donors (Lipinski definition) is 4. The molecule has 3 aliphatic carbocycles. The van der Waals surface area contributed by atoms with Crippen molar-refractivity contribution in [1.82, 2.24) is 10.3 Å². The summed E-state index contributed by atoms with van der Waals surface area (Å²) in [5.41, 5.74) is 7.72. The minimum Gasteiger partial charge on any atom is -0.394 e. The van der Waals surface area contributed by atoms with E-state index >= 15 is 0 Å². The van der Waals surface area contributed by atoms with E-state index in [0.717, 1.165) is 18.2 Å². The molecule has 0 radical (unpaired) electrons. The van der Waals surface area contributed by atoms with Crippen molar-refractivity contribution >= 4 is 17.5 Å². The zero-order chi connectivity index (χ0) is 32.5. The molecule has 0 aliphatic heterocycles. The predicted molar refractivity (Wildman–Crippen MR) is 149 cm³/mol. The van der Waals surface area contributed by atoms with Crippen LogP contribution in [-0.4, -0.2) is 46.4 Å². The van der Waals surface area contributed by atoms with Gasteiger partial charge in [0.1, 0.15) is 35.8 Å². The van der Waals surface area contributed by atoms with E-state index in [2.05, 4.69) is 15.3 Å². The van der Waals surface area contributed by atoms with Gasteiger partial charge in [-0.15, -0.1) is 0 Å². The van der Waals surface area contributed by atoms with Gasteiger partial charge in [0.15, 0.2) is 0 Å². The topological polar surface area (TPSA) is 144 Å². The first-order valence-corrected chi connectivity index (χ1v) is 13.8. The number of aliphatic hydroxyl groups excluding tert-OH is 1. The van der Waals surface area contributed by atoms with Crippen molar-refractivity contribution in [3.8, 4) is 11.1 Å². The molecule has 6 rings (SSSR count). The number of primary amides is 1. The molecule has 3 aromatic rings. The van der Waals surface area contributed by atoms with Gasteiger partial charge in [0.05, 0.1) is 23.0 Å².